The van der Waals surface area contributed by atoms with Crippen LogP contribution >= 0.6 is 0 Å². The number of carbonyl (C=O) groups is 1. The number of unbranched alkanes of at least 4 members (excludes halogenated alkanes) is 13. The van der Waals surface area contributed by atoms with Gasteiger partial charge in [-0.05, 0) is 18.9 Å². The molecule has 0 bridgehead atoms. The summed E-state index contributed by atoms with van der Waals surface area (Å²) >= 11 is 0. The summed E-state index contributed by atoms with van der Waals surface area (Å²) in [6.07, 6.45) is 35.7. The minimum atomic E-state index is 0.781. The van der Waals surface area contributed by atoms with Crippen LogP contribution in [-0.2, 0) is 4.79 Å². The monoisotopic (exact) mass is 344 g/mol. The summed E-state index contributed by atoms with van der Waals surface area (Å²) in [6, 6.07) is 0. The van der Waals surface area contributed by atoms with E-state index in [-0.39, 0.29) is 0 Å². The Bertz CT molecular complexity index is 374. The van der Waals surface area contributed by atoms with Gasteiger partial charge in [0.1, 0.15) is 6.29 Å². The van der Waals surface area contributed by atoms with Crippen molar-refractivity contribution in [2.75, 3.05) is 0 Å². The van der Waals surface area contributed by atoms with E-state index in [9.17, 15) is 4.79 Å². The summed E-state index contributed by atoms with van der Waals surface area (Å²) in [4.78, 5) is 10.1. The average Bonchev–Trinajstić information content (AvgIpc) is 2.63. The van der Waals surface area contributed by atoms with Crippen molar-refractivity contribution in [2.24, 2.45) is 0 Å². The van der Waals surface area contributed by atoms with E-state index in [1.54, 1.807) is 6.08 Å². The smallest absolute Gasteiger partial charge is 0.142 e. The van der Waals surface area contributed by atoms with E-state index in [1.165, 1.54) is 96.0 Å². The predicted octanol–water partition coefficient (Wildman–Crippen LogP) is 7.89. The molecule has 25 heavy (non-hydrogen) atoms. The lowest BCUT2D eigenvalue weighted by atomic mass is 10.0. The van der Waals surface area contributed by atoms with Crippen LogP contribution in [0.1, 0.15) is 96.8 Å². The second-order valence-corrected chi connectivity index (χ2v) is 6.75. The van der Waals surface area contributed by atoms with Crippen LogP contribution in [0.3, 0.4) is 0 Å². The molecule has 0 aromatic heterocycles. The minimum Gasteiger partial charge on any atom is -0.299 e. The average molecular weight is 345 g/mol. The molecule has 0 aliphatic rings. The fourth-order valence-electron chi connectivity index (χ4n) is 2.82. The fourth-order valence-corrected chi connectivity index (χ4v) is 2.82. The zero-order chi connectivity index (χ0) is 18.3. The number of carbonyl (C=O) groups excluding carboxylic acids is 1. The summed E-state index contributed by atoms with van der Waals surface area (Å²) in [7, 11) is 0. The van der Waals surface area contributed by atoms with Crippen molar-refractivity contribution in [1.82, 2.24) is 0 Å². The molecule has 0 aliphatic carbocycles. The van der Waals surface area contributed by atoms with Crippen molar-refractivity contribution >= 4 is 6.29 Å². The standard InChI is InChI=1S/C24H40O/c1-2-3-4-5-6-7-8-9-10-11-12-13-14-15-16-17-18-19-20-21-22-23-24-25/h16-24H,2-15H2,1H3/b17-16+,19-18+,21-20+,23-22+. The van der Waals surface area contributed by atoms with Crippen LogP contribution in [0.4, 0.5) is 0 Å². The largest absolute Gasteiger partial charge is 0.299 e. The molecule has 0 fully saturated rings. The number of aldehydes is 1. The van der Waals surface area contributed by atoms with Crippen LogP contribution in [0.5, 0.6) is 0 Å². The topological polar surface area (TPSA) is 17.1 Å². The van der Waals surface area contributed by atoms with Crippen molar-refractivity contribution < 1.29 is 4.79 Å². The summed E-state index contributed by atoms with van der Waals surface area (Å²) in [6.45, 7) is 2.28. The summed E-state index contributed by atoms with van der Waals surface area (Å²) < 4.78 is 0. The van der Waals surface area contributed by atoms with Crippen LogP contribution in [-0.4, -0.2) is 6.29 Å². The lowest BCUT2D eigenvalue weighted by Crippen LogP contribution is -1.82. The third kappa shape index (κ3) is 22.6. The van der Waals surface area contributed by atoms with Crippen molar-refractivity contribution in [3.8, 4) is 0 Å². The van der Waals surface area contributed by atoms with Gasteiger partial charge in [0.05, 0.1) is 0 Å². The normalized spacial score (nSPS) is 12.4. The molecular weight excluding hydrogens is 304 g/mol. The Balaban J connectivity index is 3.21. The first-order chi connectivity index (χ1) is 12.4. The van der Waals surface area contributed by atoms with E-state index in [1.807, 2.05) is 24.3 Å². The highest BCUT2D eigenvalue weighted by Gasteiger charge is 1.93. The second-order valence-electron chi connectivity index (χ2n) is 6.75. The van der Waals surface area contributed by atoms with Crippen molar-refractivity contribution in [1.29, 1.82) is 0 Å². The molecule has 0 heterocycles. The third-order valence-corrected chi connectivity index (χ3v) is 4.36. The van der Waals surface area contributed by atoms with E-state index in [0.29, 0.717) is 0 Å². The van der Waals surface area contributed by atoms with E-state index in [2.05, 4.69) is 19.1 Å². The molecular formula is C24H40O. The Kier molecular flexibility index (Phi) is 21.4. The Morgan fingerprint density at radius 1 is 0.480 bits per heavy atom. The van der Waals surface area contributed by atoms with E-state index < -0.39 is 0 Å². The number of hydrogen-bond acceptors (Lipinski definition) is 1. The molecule has 0 amide bonds. The predicted molar refractivity (Wildman–Crippen MR) is 113 cm³/mol. The van der Waals surface area contributed by atoms with Gasteiger partial charge in [-0.15, -0.1) is 0 Å². The van der Waals surface area contributed by atoms with Crippen LogP contribution in [0.2, 0.25) is 0 Å². The van der Waals surface area contributed by atoms with Gasteiger partial charge < -0.3 is 0 Å². The molecule has 0 spiro atoms. The Morgan fingerprint density at radius 2 is 0.880 bits per heavy atom. The first-order valence-corrected chi connectivity index (χ1v) is 10.5. The highest BCUT2D eigenvalue weighted by molar-refractivity contribution is 5.65. The molecule has 1 nitrogen and oxygen atoms in total. The third-order valence-electron chi connectivity index (χ3n) is 4.36. The number of hydrogen-bond donors (Lipinski definition) is 0. The maximum atomic E-state index is 10.1. The highest BCUT2D eigenvalue weighted by Crippen LogP contribution is 2.12. The van der Waals surface area contributed by atoms with Gasteiger partial charge >= 0.3 is 0 Å². The first-order valence-electron chi connectivity index (χ1n) is 10.5. The molecule has 0 saturated carbocycles. The molecule has 0 aromatic carbocycles. The summed E-state index contributed by atoms with van der Waals surface area (Å²) in [5, 5.41) is 0. The summed E-state index contributed by atoms with van der Waals surface area (Å²) in [5.74, 6) is 0. The minimum absolute atomic E-state index is 0.781. The lowest BCUT2D eigenvalue weighted by molar-refractivity contribution is -0.104. The van der Waals surface area contributed by atoms with E-state index >= 15 is 0 Å². The van der Waals surface area contributed by atoms with Crippen LogP contribution in [0, 0.1) is 0 Å². The molecule has 0 atom stereocenters. The molecule has 0 radical (unpaired) electrons. The highest BCUT2D eigenvalue weighted by atomic mass is 16.1. The molecule has 0 saturated heterocycles. The van der Waals surface area contributed by atoms with Crippen LogP contribution in [0.15, 0.2) is 48.6 Å². The quantitative estimate of drug-likeness (QED) is 0.107. The second kappa shape index (κ2) is 22.6. The maximum Gasteiger partial charge on any atom is 0.142 e. The van der Waals surface area contributed by atoms with Gasteiger partial charge in [-0.1, -0.05) is 127 Å². The Morgan fingerprint density at radius 3 is 1.36 bits per heavy atom. The van der Waals surface area contributed by atoms with Gasteiger partial charge in [0, 0.05) is 0 Å². The molecule has 0 unspecified atom stereocenters. The SMILES string of the molecule is CCCCCCCCCCCCCCC/C=C/C=C/C=C/C=C/C=O. The molecule has 0 aliphatic heterocycles. The zero-order valence-corrected chi connectivity index (χ0v) is 16.5. The maximum absolute atomic E-state index is 10.1. The molecule has 0 N–H and O–H groups in total. The van der Waals surface area contributed by atoms with Gasteiger partial charge in [-0.3, -0.25) is 4.79 Å². The van der Waals surface area contributed by atoms with Crippen molar-refractivity contribution in [2.45, 2.75) is 96.8 Å². The van der Waals surface area contributed by atoms with Gasteiger partial charge in [0.2, 0.25) is 0 Å². The molecule has 142 valence electrons. The Hall–Kier alpha value is -1.37. The fraction of sp³-hybridized carbons (Fsp3) is 0.625. The van der Waals surface area contributed by atoms with Gasteiger partial charge in [0.25, 0.3) is 0 Å². The van der Waals surface area contributed by atoms with Crippen LogP contribution < -0.4 is 0 Å². The van der Waals surface area contributed by atoms with Gasteiger partial charge in [-0.25, -0.2) is 0 Å². The Labute approximate surface area is 157 Å². The van der Waals surface area contributed by atoms with Crippen molar-refractivity contribution in [3.05, 3.63) is 48.6 Å². The van der Waals surface area contributed by atoms with E-state index in [4.69, 9.17) is 0 Å². The first kappa shape index (κ1) is 23.6. The zero-order valence-electron chi connectivity index (χ0n) is 16.5. The lowest BCUT2D eigenvalue weighted by Gasteiger charge is -2.02. The molecule has 0 rings (SSSR count). The molecule has 1 heteroatoms. The number of allylic oxidation sites excluding steroid dienone is 8. The molecule has 0 aromatic rings. The number of rotatable bonds is 18. The summed E-state index contributed by atoms with van der Waals surface area (Å²) in [5.41, 5.74) is 0. The van der Waals surface area contributed by atoms with Gasteiger partial charge in [-0.2, -0.15) is 0 Å². The van der Waals surface area contributed by atoms with E-state index in [0.717, 1.165) is 6.29 Å². The van der Waals surface area contributed by atoms with Crippen LogP contribution in [0.25, 0.3) is 0 Å². The van der Waals surface area contributed by atoms with Crippen molar-refractivity contribution in [3.63, 3.8) is 0 Å². The van der Waals surface area contributed by atoms with Gasteiger partial charge in [0.15, 0.2) is 0 Å².